The van der Waals surface area contributed by atoms with E-state index in [-0.39, 0.29) is 26.3 Å². The average molecular weight is 346 g/mol. The Morgan fingerprint density at radius 2 is 2.10 bits per heavy atom. The second-order valence-corrected chi connectivity index (χ2v) is 6.51. The van der Waals surface area contributed by atoms with Crippen LogP contribution in [0, 0.1) is 5.82 Å². The molecule has 5 nitrogen and oxygen atoms in total. The third-order valence-corrected chi connectivity index (χ3v) is 4.23. The third-order valence-electron chi connectivity index (χ3n) is 2.41. The molecule has 0 amide bonds. The van der Waals surface area contributed by atoms with Gasteiger partial charge in [-0.2, -0.15) is 0 Å². The molecular weight excluding hydrogens is 337 g/mol. The van der Waals surface area contributed by atoms with Gasteiger partial charge in [0.2, 0.25) is 0 Å². The molecule has 2 aromatic rings. The van der Waals surface area contributed by atoms with Crippen molar-refractivity contribution in [2.45, 2.75) is 4.90 Å². The minimum absolute atomic E-state index is 0.0160. The topological polar surface area (TPSA) is 85.1 Å². The molecule has 0 saturated heterocycles. The van der Waals surface area contributed by atoms with Gasteiger partial charge in [0.15, 0.2) is 0 Å². The van der Waals surface area contributed by atoms with Crippen molar-refractivity contribution in [1.29, 1.82) is 0 Å². The number of pyridine rings is 1. The quantitative estimate of drug-likeness (QED) is 0.830. The van der Waals surface area contributed by atoms with Crippen molar-refractivity contribution >= 4 is 44.5 Å². The highest BCUT2D eigenvalue weighted by Crippen LogP contribution is 2.22. The molecule has 3 N–H and O–H groups in total. The van der Waals surface area contributed by atoms with Crippen molar-refractivity contribution in [3.05, 3.63) is 53.1 Å². The predicted molar refractivity (Wildman–Crippen MR) is 82.3 cm³/mol. The molecule has 0 saturated carbocycles. The molecule has 0 unspecified atom stereocenters. The number of hydrogen-bond acceptors (Lipinski definition) is 4. The van der Waals surface area contributed by atoms with Gasteiger partial charge in [-0.15, -0.1) is 0 Å². The van der Waals surface area contributed by atoms with Crippen LogP contribution in [-0.4, -0.2) is 18.4 Å². The van der Waals surface area contributed by atoms with Gasteiger partial charge in [-0.25, -0.2) is 12.8 Å². The standard InChI is InChI=1S/C12H9ClFN3O2S2/c13-7-4-8(14)6-9(5-7)17-21(18,19)10-2-1-3-16-11(10)12(15)20/h1-6,17H,(H2,15,20). The van der Waals surface area contributed by atoms with Crippen LogP contribution in [0.1, 0.15) is 5.69 Å². The summed E-state index contributed by atoms with van der Waals surface area (Å²) < 4.78 is 40.1. The Balaban J connectivity index is 2.46. The Labute approximate surface area is 131 Å². The molecule has 0 spiro atoms. The first-order valence-corrected chi connectivity index (χ1v) is 7.80. The van der Waals surface area contributed by atoms with Crippen molar-refractivity contribution in [2.75, 3.05) is 4.72 Å². The van der Waals surface area contributed by atoms with Crippen LogP contribution in [0.2, 0.25) is 5.02 Å². The Kier molecular flexibility index (Phi) is 4.40. The number of benzene rings is 1. The summed E-state index contributed by atoms with van der Waals surface area (Å²) in [6.07, 6.45) is 1.37. The number of aromatic nitrogens is 1. The summed E-state index contributed by atoms with van der Waals surface area (Å²) in [4.78, 5) is 3.48. The van der Waals surface area contributed by atoms with E-state index in [1.165, 1.54) is 24.4 Å². The molecule has 0 aliphatic heterocycles. The van der Waals surface area contributed by atoms with E-state index in [9.17, 15) is 12.8 Å². The number of rotatable bonds is 4. The van der Waals surface area contributed by atoms with E-state index in [4.69, 9.17) is 29.6 Å². The van der Waals surface area contributed by atoms with Crippen LogP contribution in [0.5, 0.6) is 0 Å². The minimum Gasteiger partial charge on any atom is -0.388 e. The number of sulfonamides is 1. The molecule has 1 aromatic heterocycles. The van der Waals surface area contributed by atoms with Gasteiger partial charge < -0.3 is 5.73 Å². The van der Waals surface area contributed by atoms with E-state index in [0.717, 1.165) is 12.1 Å². The first kappa shape index (κ1) is 15.6. The summed E-state index contributed by atoms with van der Waals surface area (Å²) in [5.41, 5.74) is 5.39. The van der Waals surface area contributed by atoms with Gasteiger partial charge in [0.05, 0.1) is 5.69 Å². The number of nitrogens with zero attached hydrogens (tertiary/aromatic N) is 1. The van der Waals surface area contributed by atoms with Crippen LogP contribution >= 0.6 is 23.8 Å². The Bertz CT molecular complexity index is 792. The zero-order valence-electron chi connectivity index (χ0n) is 10.4. The van der Waals surface area contributed by atoms with Gasteiger partial charge in [0, 0.05) is 11.2 Å². The molecule has 0 aliphatic carbocycles. The number of halogens is 2. The lowest BCUT2D eigenvalue weighted by Crippen LogP contribution is -2.21. The van der Waals surface area contributed by atoms with Gasteiger partial charge in [0.25, 0.3) is 10.0 Å². The lowest BCUT2D eigenvalue weighted by Gasteiger charge is -2.11. The zero-order valence-corrected chi connectivity index (χ0v) is 12.8. The molecule has 0 bridgehead atoms. The summed E-state index contributed by atoms with van der Waals surface area (Å²) in [7, 11) is -4.03. The Hall–Kier alpha value is -1.77. The SMILES string of the molecule is NC(=S)c1ncccc1S(=O)(=O)Nc1cc(F)cc(Cl)c1. The van der Waals surface area contributed by atoms with Gasteiger partial charge in [-0.3, -0.25) is 9.71 Å². The Morgan fingerprint density at radius 1 is 1.38 bits per heavy atom. The van der Waals surface area contributed by atoms with Crippen LogP contribution in [-0.2, 0) is 10.0 Å². The summed E-state index contributed by atoms with van der Waals surface area (Å²) >= 11 is 10.4. The van der Waals surface area contributed by atoms with E-state index in [1.807, 2.05) is 0 Å². The maximum absolute atomic E-state index is 13.2. The minimum atomic E-state index is -4.03. The normalized spacial score (nSPS) is 11.1. The van der Waals surface area contributed by atoms with Gasteiger partial charge in [-0.1, -0.05) is 23.8 Å². The summed E-state index contributed by atoms with van der Waals surface area (Å²) in [5, 5.41) is 0.0634. The molecule has 1 heterocycles. The summed E-state index contributed by atoms with van der Waals surface area (Å²) in [5.74, 6) is -0.666. The highest BCUT2D eigenvalue weighted by Gasteiger charge is 2.21. The van der Waals surface area contributed by atoms with Crippen molar-refractivity contribution in [3.63, 3.8) is 0 Å². The predicted octanol–water partition coefficient (Wildman–Crippen LogP) is 2.31. The lowest BCUT2D eigenvalue weighted by atomic mass is 10.3. The molecule has 0 aliphatic rings. The fraction of sp³-hybridized carbons (Fsp3) is 0. The molecule has 110 valence electrons. The van der Waals surface area contributed by atoms with Crippen molar-refractivity contribution < 1.29 is 12.8 Å². The van der Waals surface area contributed by atoms with Gasteiger partial charge >= 0.3 is 0 Å². The number of anilines is 1. The van der Waals surface area contributed by atoms with E-state index < -0.39 is 15.8 Å². The molecule has 21 heavy (non-hydrogen) atoms. The largest absolute Gasteiger partial charge is 0.388 e. The monoisotopic (exact) mass is 345 g/mol. The van der Waals surface area contributed by atoms with Crippen LogP contribution in [0.3, 0.4) is 0 Å². The fourth-order valence-electron chi connectivity index (χ4n) is 1.62. The second-order valence-electron chi connectivity index (χ2n) is 3.98. The molecular formula is C12H9ClFN3O2S2. The third kappa shape index (κ3) is 3.66. The molecule has 2 rings (SSSR count). The average Bonchev–Trinajstić information content (AvgIpc) is 2.36. The molecule has 9 heteroatoms. The maximum atomic E-state index is 13.2. The lowest BCUT2D eigenvalue weighted by molar-refractivity contribution is 0.600. The first-order chi connectivity index (χ1) is 9.79. The zero-order chi connectivity index (χ0) is 15.6. The number of nitrogens with two attached hydrogens (primary N) is 1. The maximum Gasteiger partial charge on any atom is 0.264 e. The van der Waals surface area contributed by atoms with E-state index >= 15 is 0 Å². The second kappa shape index (κ2) is 5.92. The molecule has 1 aromatic carbocycles. The molecule has 0 atom stereocenters. The van der Waals surface area contributed by atoms with E-state index in [0.29, 0.717) is 0 Å². The smallest absolute Gasteiger partial charge is 0.264 e. The van der Waals surface area contributed by atoms with Crippen LogP contribution in [0.4, 0.5) is 10.1 Å². The van der Waals surface area contributed by atoms with Gasteiger partial charge in [0.1, 0.15) is 21.4 Å². The Morgan fingerprint density at radius 3 is 2.71 bits per heavy atom. The van der Waals surface area contributed by atoms with Crippen molar-refractivity contribution in [3.8, 4) is 0 Å². The summed E-state index contributed by atoms with van der Waals surface area (Å²) in [6.45, 7) is 0. The summed E-state index contributed by atoms with van der Waals surface area (Å²) in [6, 6.07) is 6.06. The van der Waals surface area contributed by atoms with Crippen LogP contribution in [0.15, 0.2) is 41.4 Å². The fourth-order valence-corrected chi connectivity index (χ4v) is 3.28. The highest BCUT2D eigenvalue weighted by atomic mass is 35.5. The highest BCUT2D eigenvalue weighted by molar-refractivity contribution is 7.93. The van der Waals surface area contributed by atoms with Gasteiger partial charge in [-0.05, 0) is 30.3 Å². The van der Waals surface area contributed by atoms with E-state index in [1.54, 1.807) is 0 Å². The van der Waals surface area contributed by atoms with E-state index in [2.05, 4.69) is 9.71 Å². The number of nitrogens with one attached hydrogen (secondary N) is 1. The van der Waals surface area contributed by atoms with Crippen LogP contribution < -0.4 is 10.5 Å². The van der Waals surface area contributed by atoms with Crippen molar-refractivity contribution in [1.82, 2.24) is 4.98 Å². The molecule has 0 radical (unpaired) electrons. The van der Waals surface area contributed by atoms with Crippen LogP contribution in [0.25, 0.3) is 0 Å². The first-order valence-electron chi connectivity index (χ1n) is 5.53. The number of thiocarbonyl (C=S) groups is 1. The van der Waals surface area contributed by atoms with Crippen molar-refractivity contribution in [2.24, 2.45) is 5.73 Å². The number of hydrogen-bond donors (Lipinski definition) is 2. The molecule has 0 fully saturated rings.